The standard InChI is InChI=1S/C18H26N4OS/c1-5-19-17(21-12-14-8-6-10-20-16(14)23-4)22-13-18(2,3)15-9-7-11-24-15/h6-11H,5,12-13H2,1-4H3,(H2,19,21,22). The Labute approximate surface area is 148 Å². The Balaban J connectivity index is 2.03. The van der Waals surface area contributed by atoms with Crippen molar-refractivity contribution in [1.29, 1.82) is 0 Å². The second kappa shape index (κ2) is 8.68. The SMILES string of the molecule is CCNC(=NCc1cccnc1OC)NCC(C)(C)c1cccs1. The summed E-state index contributed by atoms with van der Waals surface area (Å²) in [7, 11) is 1.63. The molecule has 0 spiro atoms. The predicted molar refractivity (Wildman–Crippen MR) is 101 cm³/mol. The summed E-state index contributed by atoms with van der Waals surface area (Å²) in [6.45, 7) is 8.68. The summed E-state index contributed by atoms with van der Waals surface area (Å²) in [5.41, 5.74) is 1.02. The fourth-order valence-electron chi connectivity index (χ4n) is 2.29. The second-order valence-corrected chi connectivity index (χ2v) is 7.03. The number of methoxy groups -OCH3 is 1. The fourth-order valence-corrected chi connectivity index (χ4v) is 3.14. The highest BCUT2D eigenvalue weighted by Crippen LogP contribution is 2.26. The maximum absolute atomic E-state index is 5.28. The summed E-state index contributed by atoms with van der Waals surface area (Å²) < 4.78 is 5.28. The Hall–Kier alpha value is -2.08. The van der Waals surface area contributed by atoms with Gasteiger partial charge in [0.25, 0.3) is 0 Å². The number of hydrogen-bond acceptors (Lipinski definition) is 4. The number of guanidine groups is 1. The van der Waals surface area contributed by atoms with Gasteiger partial charge in [0, 0.05) is 35.1 Å². The van der Waals surface area contributed by atoms with Crippen LogP contribution in [0.15, 0.2) is 40.8 Å². The molecule has 5 nitrogen and oxygen atoms in total. The van der Waals surface area contributed by atoms with Crippen LogP contribution < -0.4 is 15.4 Å². The molecule has 0 atom stereocenters. The summed E-state index contributed by atoms with van der Waals surface area (Å²) >= 11 is 1.78. The Kier molecular flexibility index (Phi) is 6.61. The number of rotatable bonds is 7. The van der Waals surface area contributed by atoms with Gasteiger partial charge in [0.2, 0.25) is 5.88 Å². The molecule has 2 aromatic heterocycles. The molecule has 6 heteroatoms. The first-order chi connectivity index (χ1) is 11.6. The molecule has 2 heterocycles. The Morgan fingerprint density at radius 3 is 2.79 bits per heavy atom. The second-order valence-electron chi connectivity index (χ2n) is 6.08. The fraction of sp³-hybridized carbons (Fsp3) is 0.444. The highest BCUT2D eigenvalue weighted by Gasteiger charge is 2.21. The molecule has 2 rings (SSSR count). The van der Waals surface area contributed by atoms with Crippen molar-refractivity contribution in [3.05, 3.63) is 46.3 Å². The van der Waals surface area contributed by atoms with Crippen molar-refractivity contribution in [3.63, 3.8) is 0 Å². The Bertz CT molecular complexity index is 653. The van der Waals surface area contributed by atoms with Crippen LogP contribution in [-0.4, -0.2) is 31.1 Å². The quantitative estimate of drug-likeness (QED) is 0.597. The molecule has 0 aliphatic rings. The van der Waals surface area contributed by atoms with E-state index in [4.69, 9.17) is 4.74 Å². The lowest BCUT2D eigenvalue weighted by molar-refractivity contribution is 0.392. The molecule has 0 saturated carbocycles. The first-order valence-electron chi connectivity index (χ1n) is 8.11. The molecule has 0 saturated heterocycles. The number of hydrogen-bond donors (Lipinski definition) is 2. The van der Waals surface area contributed by atoms with Crippen LogP contribution in [0.1, 0.15) is 31.2 Å². The summed E-state index contributed by atoms with van der Waals surface area (Å²) in [6.07, 6.45) is 1.72. The van der Waals surface area contributed by atoms with E-state index in [1.807, 2.05) is 12.1 Å². The molecule has 0 aliphatic heterocycles. The molecule has 0 radical (unpaired) electrons. The van der Waals surface area contributed by atoms with Gasteiger partial charge in [0.1, 0.15) is 0 Å². The highest BCUT2D eigenvalue weighted by molar-refractivity contribution is 7.10. The van der Waals surface area contributed by atoms with Crippen LogP contribution in [0.25, 0.3) is 0 Å². The zero-order valence-corrected chi connectivity index (χ0v) is 15.6. The van der Waals surface area contributed by atoms with E-state index in [2.05, 4.69) is 58.9 Å². The van der Waals surface area contributed by atoms with Gasteiger partial charge in [-0.2, -0.15) is 0 Å². The maximum Gasteiger partial charge on any atom is 0.218 e. The van der Waals surface area contributed by atoms with Crippen LogP contribution in [0.2, 0.25) is 0 Å². The predicted octanol–water partition coefficient (Wildman–Crippen LogP) is 3.18. The minimum Gasteiger partial charge on any atom is -0.481 e. The topological polar surface area (TPSA) is 58.5 Å². The largest absolute Gasteiger partial charge is 0.481 e. The van der Waals surface area contributed by atoms with E-state index in [1.54, 1.807) is 24.6 Å². The van der Waals surface area contributed by atoms with Gasteiger partial charge in [-0.1, -0.05) is 26.0 Å². The van der Waals surface area contributed by atoms with Gasteiger partial charge in [-0.15, -0.1) is 11.3 Å². The van der Waals surface area contributed by atoms with Crippen molar-refractivity contribution in [1.82, 2.24) is 15.6 Å². The third-order valence-corrected chi connectivity index (χ3v) is 4.92. The van der Waals surface area contributed by atoms with E-state index in [0.717, 1.165) is 24.6 Å². The van der Waals surface area contributed by atoms with E-state index < -0.39 is 0 Å². The minimum absolute atomic E-state index is 0.0519. The van der Waals surface area contributed by atoms with Crippen molar-refractivity contribution in [2.75, 3.05) is 20.2 Å². The van der Waals surface area contributed by atoms with Gasteiger partial charge in [0.05, 0.1) is 13.7 Å². The van der Waals surface area contributed by atoms with Gasteiger partial charge < -0.3 is 15.4 Å². The lowest BCUT2D eigenvalue weighted by Gasteiger charge is -2.25. The zero-order valence-electron chi connectivity index (χ0n) is 14.8. The van der Waals surface area contributed by atoms with Gasteiger partial charge in [0.15, 0.2) is 5.96 Å². The number of nitrogens with zero attached hydrogens (tertiary/aromatic N) is 2. The molecule has 0 bridgehead atoms. The van der Waals surface area contributed by atoms with Crippen LogP contribution in [0.5, 0.6) is 5.88 Å². The Morgan fingerprint density at radius 1 is 1.29 bits per heavy atom. The molecule has 2 aromatic rings. The number of aliphatic imine (C=N–C) groups is 1. The van der Waals surface area contributed by atoms with Crippen molar-refractivity contribution < 1.29 is 4.74 Å². The maximum atomic E-state index is 5.28. The lowest BCUT2D eigenvalue weighted by Crippen LogP contribution is -2.43. The van der Waals surface area contributed by atoms with Gasteiger partial charge in [-0.05, 0) is 24.4 Å². The number of pyridine rings is 1. The number of ether oxygens (including phenoxy) is 1. The van der Waals surface area contributed by atoms with E-state index >= 15 is 0 Å². The molecule has 0 unspecified atom stereocenters. The molecule has 130 valence electrons. The minimum atomic E-state index is 0.0519. The number of aromatic nitrogens is 1. The van der Waals surface area contributed by atoms with Crippen molar-refractivity contribution in [2.45, 2.75) is 32.7 Å². The summed E-state index contributed by atoms with van der Waals surface area (Å²) in [6, 6.07) is 8.15. The van der Waals surface area contributed by atoms with Gasteiger partial charge in [-0.25, -0.2) is 9.98 Å². The molecule has 0 fully saturated rings. The van der Waals surface area contributed by atoms with Crippen LogP contribution in [-0.2, 0) is 12.0 Å². The van der Waals surface area contributed by atoms with Crippen LogP contribution in [0.3, 0.4) is 0 Å². The normalized spacial score (nSPS) is 12.1. The van der Waals surface area contributed by atoms with Gasteiger partial charge >= 0.3 is 0 Å². The van der Waals surface area contributed by atoms with Crippen LogP contribution in [0, 0.1) is 0 Å². The summed E-state index contributed by atoms with van der Waals surface area (Å²) in [5.74, 6) is 1.42. The van der Waals surface area contributed by atoms with Crippen LogP contribution in [0.4, 0.5) is 0 Å². The third-order valence-electron chi connectivity index (χ3n) is 3.68. The molecule has 0 aromatic carbocycles. The molecule has 2 N–H and O–H groups in total. The smallest absolute Gasteiger partial charge is 0.218 e. The van der Waals surface area contributed by atoms with Crippen molar-refractivity contribution in [3.8, 4) is 5.88 Å². The molecular weight excluding hydrogens is 320 g/mol. The highest BCUT2D eigenvalue weighted by atomic mass is 32.1. The molecule has 0 aliphatic carbocycles. The number of thiophene rings is 1. The van der Waals surface area contributed by atoms with Crippen molar-refractivity contribution in [2.24, 2.45) is 4.99 Å². The molecular formula is C18H26N4OS. The summed E-state index contributed by atoms with van der Waals surface area (Å²) in [4.78, 5) is 10.2. The third kappa shape index (κ3) is 4.96. The first-order valence-corrected chi connectivity index (χ1v) is 8.99. The van der Waals surface area contributed by atoms with Gasteiger partial charge in [-0.3, -0.25) is 0 Å². The lowest BCUT2D eigenvalue weighted by atomic mass is 9.91. The summed E-state index contributed by atoms with van der Waals surface area (Å²) in [5, 5.41) is 8.85. The van der Waals surface area contributed by atoms with E-state index in [9.17, 15) is 0 Å². The monoisotopic (exact) mass is 346 g/mol. The first kappa shape index (κ1) is 18.3. The van der Waals surface area contributed by atoms with Crippen molar-refractivity contribution >= 4 is 17.3 Å². The van der Waals surface area contributed by atoms with E-state index in [-0.39, 0.29) is 5.41 Å². The zero-order chi connectivity index (χ0) is 17.4. The van der Waals surface area contributed by atoms with Crippen LogP contribution >= 0.6 is 11.3 Å². The van der Waals surface area contributed by atoms with E-state index in [1.165, 1.54) is 4.88 Å². The molecule has 24 heavy (non-hydrogen) atoms. The molecule has 0 amide bonds. The average molecular weight is 347 g/mol. The Morgan fingerprint density at radius 2 is 2.12 bits per heavy atom. The average Bonchev–Trinajstić information content (AvgIpc) is 3.13. The van der Waals surface area contributed by atoms with E-state index in [0.29, 0.717) is 12.4 Å². The number of nitrogens with one attached hydrogen (secondary N) is 2.